The van der Waals surface area contributed by atoms with Crippen molar-refractivity contribution >= 4 is 33.1 Å². The number of hydrogen-bond acceptors (Lipinski definition) is 4. The van der Waals surface area contributed by atoms with Gasteiger partial charge in [0.25, 0.3) is 5.91 Å². The lowest BCUT2D eigenvalue weighted by Crippen LogP contribution is -2.14. The van der Waals surface area contributed by atoms with Crippen LogP contribution >= 0.6 is 11.3 Å². The number of anilines is 1. The first-order valence-electron chi connectivity index (χ1n) is 6.89. The monoisotopic (exact) mass is 310 g/mol. The van der Waals surface area contributed by atoms with Gasteiger partial charge in [-0.3, -0.25) is 4.79 Å². The van der Waals surface area contributed by atoms with Crippen molar-refractivity contribution in [1.29, 1.82) is 5.26 Å². The van der Waals surface area contributed by atoms with Crippen LogP contribution in [-0.4, -0.2) is 15.7 Å². The Morgan fingerprint density at radius 2 is 2.23 bits per heavy atom. The number of nitrogens with zero attached hydrogens (tertiary/aromatic N) is 3. The summed E-state index contributed by atoms with van der Waals surface area (Å²) in [7, 11) is 0. The summed E-state index contributed by atoms with van der Waals surface area (Å²) in [5, 5.41) is 16.9. The van der Waals surface area contributed by atoms with Crippen LogP contribution < -0.4 is 5.32 Å². The molecule has 0 fully saturated rings. The molecule has 3 rings (SSSR count). The van der Waals surface area contributed by atoms with E-state index in [0.29, 0.717) is 23.7 Å². The van der Waals surface area contributed by atoms with Gasteiger partial charge < -0.3 is 5.32 Å². The van der Waals surface area contributed by atoms with Crippen molar-refractivity contribution in [3.63, 3.8) is 0 Å². The standard InChI is InChI=1S/C16H14N4OS/c1-11-9-15(20(19-11)8-4-7-17)18-16(21)14-10-12-5-2-3-6-13(12)22-14/h2-3,5-6,9-10H,4,8H2,1H3,(H,18,21). The summed E-state index contributed by atoms with van der Waals surface area (Å²) in [4.78, 5) is 13.1. The Hall–Kier alpha value is -2.65. The number of fused-ring (bicyclic) bond motifs is 1. The second kappa shape index (κ2) is 6.00. The zero-order valence-corrected chi connectivity index (χ0v) is 12.9. The summed E-state index contributed by atoms with van der Waals surface area (Å²) in [5.74, 6) is 0.467. The van der Waals surface area contributed by atoms with Crippen LogP contribution in [-0.2, 0) is 6.54 Å². The molecular weight excluding hydrogens is 296 g/mol. The van der Waals surface area contributed by atoms with Crippen LogP contribution in [0.4, 0.5) is 5.82 Å². The molecule has 0 saturated carbocycles. The van der Waals surface area contributed by atoms with Gasteiger partial charge in [0.2, 0.25) is 0 Å². The van der Waals surface area contributed by atoms with E-state index < -0.39 is 0 Å². The van der Waals surface area contributed by atoms with E-state index in [4.69, 9.17) is 5.26 Å². The number of carbonyl (C=O) groups is 1. The third-order valence-electron chi connectivity index (χ3n) is 3.23. The van der Waals surface area contributed by atoms with E-state index >= 15 is 0 Å². The highest BCUT2D eigenvalue weighted by Gasteiger charge is 2.13. The minimum atomic E-state index is -0.153. The van der Waals surface area contributed by atoms with E-state index in [1.165, 1.54) is 11.3 Å². The van der Waals surface area contributed by atoms with Gasteiger partial charge in [0, 0.05) is 10.8 Å². The number of rotatable bonds is 4. The number of carbonyl (C=O) groups excluding carboxylic acids is 1. The molecule has 1 amide bonds. The molecule has 3 aromatic rings. The van der Waals surface area contributed by atoms with Gasteiger partial charge in [-0.15, -0.1) is 11.3 Å². The van der Waals surface area contributed by atoms with E-state index in [1.807, 2.05) is 43.3 Å². The van der Waals surface area contributed by atoms with E-state index in [9.17, 15) is 4.79 Å². The number of amides is 1. The number of hydrogen-bond donors (Lipinski definition) is 1. The lowest BCUT2D eigenvalue weighted by molar-refractivity contribution is 0.102. The Labute approximate surface area is 131 Å². The van der Waals surface area contributed by atoms with E-state index in [2.05, 4.69) is 16.5 Å². The SMILES string of the molecule is Cc1cc(NC(=O)c2cc3ccccc3s2)n(CCC#N)n1. The van der Waals surface area contributed by atoms with E-state index in [1.54, 1.807) is 4.68 Å². The average molecular weight is 310 g/mol. The maximum absolute atomic E-state index is 12.4. The van der Waals surface area contributed by atoms with Gasteiger partial charge in [-0.25, -0.2) is 4.68 Å². The highest BCUT2D eigenvalue weighted by Crippen LogP contribution is 2.26. The van der Waals surface area contributed by atoms with Gasteiger partial charge in [0.05, 0.1) is 29.6 Å². The summed E-state index contributed by atoms with van der Waals surface area (Å²) in [5.41, 5.74) is 0.810. The second-order valence-electron chi connectivity index (χ2n) is 4.90. The molecule has 22 heavy (non-hydrogen) atoms. The molecule has 0 aliphatic rings. The molecule has 0 radical (unpaired) electrons. The topological polar surface area (TPSA) is 70.7 Å². The maximum atomic E-state index is 12.4. The first kappa shape index (κ1) is 14.3. The third-order valence-corrected chi connectivity index (χ3v) is 4.34. The van der Waals surface area contributed by atoms with Crippen LogP contribution in [0.2, 0.25) is 0 Å². The number of nitrogens with one attached hydrogen (secondary N) is 1. The molecule has 0 saturated heterocycles. The third kappa shape index (κ3) is 2.85. The fraction of sp³-hybridized carbons (Fsp3) is 0.188. The summed E-state index contributed by atoms with van der Waals surface area (Å²) in [6, 6.07) is 13.7. The lowest BCUT2D eigenvalue weighted by Gasteiger charge is -2.06. The summed E-state index contributed by atoms with van der Waals surface area (Å²) in [6.07, 6.45) is 0.354. The average Bonchev–Trinajstić information content (AvgIpc) is 3.08. The first-order chi connectivity index (χ1) is 10.7. The summed E-state index contributed by atoms with van der Waals surface area (Å²) in [6.45, 7) is 2.32. The number of aryl methyl sites for hydroxylation is 2. The zero-order valence-electron chi connectivity index (χ0n) is 12.0. The van der Waals surface area contributed by atoms with Crippen LogP contribution in [0, 0.1) is 18.3 Å². The Morgan fingerprint density at radius 1 is 1.41 bits per heavy atom. The van der Waals surface area contributed by atoms with Crippen LogP contribution in [0.3, 0.4) is 0 Å². The van der Waals surface area contributed by atoms with E-state index in [0.717, 1.165) is 15.8 Å². The minimum absolute atomic E-state index is 0.153. The van der Waals surface area contributed by atoms with Gasteiger partial charge in [0.1, 0.15) is 5.82 Å². The zero-order chi connectivity index (χ0) is 15.5. The summed E-state index contributed by atoms with van der Waals surface area (Å²) < 4.78 is 2.74. The van der Waals surface area contributed by atoms with Crippen molar-refractivity contribution in [3.05, 3.63) is 47.0 Å². The molecule has 0 bridgehead atoms. The van der Waals surface area contributed by atoms with Gasteiger partial charge >= 0.3 is 0 Å². The fourth-order valence-electron chi connectivity index (χ4n) is 2.24. The second-order valence-corrected chi connectivity index (χ2v) is 5.99. The van der Waals surface area contributed by atoms with Crippen LogP contribution in [0.15, 0.2) is 36.4 Å². The van der Waals surface area contributed by atoms with Crippen molar-refractivity contribution in [3.8, 4) is 6.07 Å². The quantitative estimate of drug-likeness (QED) is 0.800. The van der Waals surface area contributed by atoms with Crippen LogP contribution in [0.25, 0.3) is 10.1 Å². The highest BCUT2D eigenvalue weighted by molar-refractivity contribution is 7.20. The Bertz CT molecular complexity index is 839. The van der Waals surface area contributed by atoms with Crippen molar-refractivity contribution in [1.82, 2.24) is 9.78 Å². The molecule has 0 atom stereocenters. The van der Waals surface area contributed by atoms with Crippen molar-refractivity contribution in [2.45, 2.75) is 19.9 Å². The van der Waals surface area contributed by atoms with Gasteiger partial charge in [0.15, 0.2) is 0 Å². The van der Waals surface area contributed by atoms with E-state index in [-0.39, 0.29) is 5.91 Å². The molecule has 1 aromatic carbocycles. The molecule has 0 unspecified atom stereocenters. The molecule has 6 heteroatoms. The van der Waals surface area contributed by atoms with Crippen molar-refractivity contribution in [2.24, 2.45) is 0 Å². The number of thiophene rings is 1. The van der Waals surface area contributed by atoms with Crippen LogP contribution in [0.5, 0.6) is 0 Å². The normalized spacial score (nSPS) is 10.5. The number of nitriles is 1. The predicted molar refractivity (Wildman–Crippen MR) is 87.0 cm³/mol. The molecule has 5 nitrogen and oxygen atoms in total. The molecule has 2 aromatic heterocycles. The number of aromatic nitrogens is 2. The number of benzene rings is 1. The van der Waals surface area contributed by atoms with Crippen molar-refractivity contribution < 1.29 is 4.79 Å². The molecule has 110 valence electrons. The first-order valence-corrected chi connectivity index (χ1v) is 7.70. The molecule has 0 spiro atoms. The van der Waals surface area contributed by atoms with Gasteiger partial charge in [-0.2, -0.15) is 10.4 Å². The predicted octanol–water partition coefficient (Wildman–Crippen LogP) is 3.57. The largest absolute Gasteiger partial charge is 0.306 e. The fourth-order valence-corrected chi connectivity index (χ4v) is 3.20. The van der Waals surface area contributed by atoms with Crippen LogP contribution in [0.1, 0.15) is 21.8 Å². The van der Waals surface area contributed by atoms with Crippen molar-refractivity contribution in [2.75, 3.05) is 5.32 Å². The molecule has 2 heterocycles. The Kier molecular flexibility index (Phi) is 3.90. The lowest BCUT2D eigenvalue weighted by atomic mass is 10.2. The molecule has 0 aliphatic carbocycles. The highest BCUT2D eigenvalue weighted by atomic mass is 32.1. The maximum Gasteiger partial charge on any atom is 0.266 e. The molecule has 1 N–H and O–H groups in total. The Morgan fingerprint density at radius 3 is 3.00 bits per heavy atom. The Balaban J connectivity index is 1.83. The van der Waals surface area contributed by atoms with Gasteiger partial charge in [-0.1, -0.05) is 18.2 Å². The smallest absolute Gasteiger partial charge is 0.266 e. The van der Waals surface area contributed by atoms with Gasteiger partial charge in [-0.05, 0) is 24.4 Å². The molecular formula is C16H14N4OS. The minimum Gasteiger partial charge on any atom is -0.306 e. The molecule has 0 aliphatic heterocycles. The summed E-state index contributed by atoms with van der Waals surface area (Å²) >= 11 is 1.46.